The quantitative estimate of drug-likeness (QED) is 0.853. The lowest BCUT2D eigenvalue weighted by Crippen LogP contribution is -2.21. The molecule has 1 unspecified atom stereocenters. The molecule has 1 atom stereocenters. The van der Waals surface area contributed by atoms with Crippen LogP contribution < -0.4 is 14.8 Å². The summed E-state index contributed by atoms with van der Waals surface area (Å²) in [5, 5.41) is 3.33. The molecule has 2 aromatic carbocycles. The summed E-state index contributed by atoms with van der Waals surface area (Å²) >= 11 is 7.27. The molecule has 0 aromatic heterocycles. The molecule has 2 aromatic rings. The van der Waals surface area contributed by atoms with Crippen molar-refractivity contribution >= 4 is 34.7 Å². The van der Waals surface area contributed by atoms with Gasteiger partial charge in [0.1, 0.15) is 11.5 Å². The Labute approximate surface area is 133 Å². The molecule has 0 spiro atoms. The number of hydrogen-bond donors (Lipinski definition) is 1. The number of rotatable bonds is 3. The summed E-state index contributed by atoms with van der Waals surface area (Å²) in [6, 6.07) is 13.9. The van der Waals surface area contributed by atoms with Crippen LogP contribution >= 0.6 is 24.0 Å². The summed E-state index contributed by atoms with van der Waals surface area (Å²) in [6.45, 7) is 0. The lowest BCUT2D eigenvalue weighted by Gasteiger charge is -2.27. The predicted octanol–water partition coefficient (Wildman–Crippen LogP) is 4.29. The van der Waals surface area contributed by atoms with E-state index in [1.54, 1.807) is 26.0 Å². The van der Waals surface area contributed by atoms with E-state index in [1.165, 1.54) is 4.90 Å². The molecule has 1 aliphatic rings. The van der Waals surface area contributed by atoms with Crippen molar-refractivity contribution in [1.29, 1.82) is 0 Å². The molecule has 1 aliphatic heterocycles. The van der Waals surface area contributed by atoms with Crippen molar-refractivity contribution in [3.63, 3.8) is 0 Å². The topological polar surface area (TPSA) is 30.5 Å². The van der Waals surface area contributed by atoms with E-state index < -0.39 is 0 Å². The third kappa shape index (κ3) is 2.71. The highest BCUT2D eigenvalue weighted by atomic mass is 32.2. The third-order valence-electron chi connectivity index (χ3n) is 3.35. The standard InChI is InChI=1S/C16H15NO2S2/c1-18-10-7-8-13(19-2)11(9-10)15-16(20)17-12-5-3-4-6-14(12)21-15/h3-9,15H,1-2H3,(H,17,20). The molecule has 3 nitrogen and oxygen atoms in total. The Kier molecular flexibility index (Phi) is 4.03. The number of ether oxygens (including phenoxy) is 2. The van der Waals surface area contributed by atoms with Crippen molar-refractivity contribution in [2.45, 2.75) is 10.1 Å². The first-order chi connectivity index (χ1) is 10.2. The van der Waals surface area contributed by atoms with E-state index in [1.807, 2.05) is 36.4 Å². The van der Waals surface area contributed by atoms with Crippen molar-refractivity contribution in [1.82, 2.24) is 0 Å². The van der Waals surface area contributed by atoms with Crippen LogP contribution in [0.2, 0.25) is 0 Å². The highest BCUT2D eigenvalue weighted by molar-refractivity contribution is 8.01. The van der Waals surface area contributed by atoms with Crippen LogP contribution in [0, 0.1) is 0 Å². The Balaban J connectivity index is 2.03. The number of anilines is 1. The normalized spacial score (nSPS) is 16.9. The van der Waals surface area contributed by atoms with E-state index in [-0.39, 0.29) is 5.25 Å². The van der Waals surface area contributed by atoms with Crippen LogP contribution in [0.3, 0.4) is 0 Å². The molecular formula is C16H15NO2S2. The van der Waals surface area contributed by atoms with Gasteiger partial charge in [0.2, 0.25) is 0 Å². The fraction of sp³-hybridized carbons (Fsp3) is 0.188. The largest absolute Gasteiger partial charge is 0.497 e. The van der Waals surface area contributed by atoms with Gasteiger partial charge in [-0.25, -0.2) is 0 Å². The summed E-state index contributed by atoms with van der Waals surface area (Å²) < 4.78 is 10.8. The highest BCUT2D eigenvalue weighted by Gasteiger charge is 2.28. The fourth-order valence-electron chi connectivity index (χ4n) is 2.30. The highest BCUT2D eigenvalue weighted by Crippen LogP contribution is 2.47. The molecule has 1 heterocycles. The molecule has 0 bridgehead atoms. The molecule has 3 rings (SSSR count). The van der Waals surface area contributed by atoms with Crippen LogP contribution in [0.1, 0.15) is 10.8 Å². The molecule has 0 saturated carbocycles. The first-order valence-corrected chi connectivity index (χ1v) is 7.80. The Morgan fingerprint density at radius 3 is 2.67 bits per heavy atom. The summed E-state index contributed by atoms with van der Waals surface area (Å²) in [6.07, 6.45) is 0. The van der Waals surface area contributed by atoms with Crippen LogP contribution in [0.15, 0.2) is 47.4 Å². The first-order valence-electron chi connectivity index (χ1n) is 6.51. The summed E-state index contributed by atoms with van der Waals surface area (Å²) in [5.41, 5.74) is 2.08. The number of hydrogen-bond acceptors (Lipinski definition) is 4. The number of para-hydroxylation sites is 1. The molecule has 108 valence electrons. The fourth-order valence-corrected chi connectivity index (χ4v) is 3.82. The van der Waals surface area contributed by atoms with Crippen molar-refractivity contribution in [2.75, 3.05) is 19.5 Å². The van der Waals surface area contributed by atoms with Crippen LogP contribution in [0.25, 0.3) is 0 Å². The van der Waals surface area contributed by atoms with Gasteiger partial charge in [0.25, 0.3) is 0 Å². The molecular weight excluding hydrogens is 302 g/mol. The van der Waals surface area contributed by atoms with Gasteiger partial charge in [-0.05, 0) is 30.3 Å². The van der Waals surface area contributed by atoms with Gasteiger partial charge in [-0.1, -0.05) is 24.4 Å². The molecule has 0 amide bonds. The Morgan fingerprint density at radius 2 is 1.90 bits per heavy atom. The second-order valence-electron chi connectivity index (χ2n) is 4.59. The summed E-state index contributed by atoms with van der Waals surface area (Å²) in [7, 11) is 3.33. The average molecular weight is 317 g/mol. The monoisotopic (exact) mass is 317 g/mol. The van der Waals surface area contributed by atoms with Gasteiger partial charge in [-0.2, -0.15) is 0 Å². The molecule has 5 heteroatoms. The van der Waals surface area contributed by atoms with E-state index in [2.05, 4.69) is 11.4 Å². The van der Waals surface area contributed by atoms with Crippen molar-refractivity contribution in [3.05, 3.63) is 48.0 Å². The SMILES string of the molecule is COc1ccc(OC)c(C2Sc3ccccc3NC2=S)c1. The van der Waals surface area contributed by atoms with Crippen molar-refractivity contribution < 1.29 is 9.47 Å². The molecule has 21 heavy (non-hydrogen) atoms. The van der Waals surface area contributed by atoms with Gasteiger partial charge >= 0.3 is 0 Å². The smallest absolute Gasteiger partial charge is 0.123 e. The zero-order valence-electron chi connectivity index (χ0n) is 11.8. The minimum atomic E-state index is 0.0138. The molecule has 1 N–H and O–H groups in total. The van der Waals surface area contributed by atoms with E-state index >= 15 is 0 Å². The van der Waals surface area contributed by atoms with E-state index in [9.17, 15) is 0 Å². The van der Waals surface area contributed by atoms with E-state index in [0.717, 1.165) is 27.7 Å². The minimum absolute atomic E-state index is 0.0138. The van der Waals surface area contributed by atoms with E-state index in [0.29, 0.717) is 0 Å². The van der Waals surface area contributed by atoms with Crippen molar-refractivity contribution in [2.24, 2.45) is 0 Å². The van der Waals surface area contributed by atoms with Crippen LogP contribution in [-0.2, 0) is 0 Å². The predicted molar refractivity (Wildman–Crippen MR) is 90.8 cm³/mol. The second-order valence-corrected chi connectivity index (χ2v) is 6.18. The van der Waals surface area contributed by atoms with E-state index in [4.69, 9.17) is 21.7 Å². The third-order valence-corrected chi connectivity index (χ3v) is 5.17. The molecule has 0 fully saturated rings. The maximum absolute atomic E-state index is 5.54. The Morgan fingerprint density at radius 1 is 1.10 bits per heavy atom. The first kappa shape index (κ1) is 14.2. The van der Waals surface area contributed by atoms with Crippen LogP contribution in [0.5, 0.6) is 11.5 Å². The number of nitrogens with one attached hydrogen (secondary N) is 1. The minimum Gasteiger partial charge on any atom is -0.497 e. The van der Waals surface area contributed by atoms with Gasteiger partial charge in [-0.3, -0.25) is 0 Å². The van der Waals surface area contributed by atoms with Gasteiger partial charge in [0.15, 0.2) is 0 Å². The van der Waals surface area contributed by atoms with Crippen LogP contribution in [0.4, 0.5) is 5.69 Å². The Hall–Kier alpha value is -1.72. The molecule has 0 saturated heterocycles. The average Bonchev–Trinajstić information content (AvgIpc) is 2.53. The number of thiocarbonyl (C=S) groups is 1. The second kappa shape index (κ2) is 5.95. The summed E-state index contributed by atoms with van der Waals surface area (Å²) in [4.78, 5) is 1.96. The number of fused-ring (bicyclic) bond motifs is 1. The van der Waals surface area contributed by atoms with Gasteiger partial charge in [0, 0.05) is 10.5 Å². The zero-order chi connectivity index (χ0) is 14.8. The lowest BCUT2D eigenvalue weighted by atomic mass is 10.1. The molecule has 0 aliphatic carbocycles. The maximum atomic E-state index is 5.54. The van der Waals surface area contributed by atoms with Crippen molar-refractivity contribution in [3.8, 4) is 11.5 Å². The summed E-state index contributed by atoms with van der Waals surface area (Å²) in [5.74, 6) is 1.62. The Bertz CT molecular complexity index is 688. The van der Waals surface area contributed by atoms with Gasteiger partial charge in [-0.15, -0.1) is 11.8 Å². The number of methoxy groups -OCH3 is 2. The van der Waals surface area contributed by atoms with Gasteiger partial charge < -0.3 is 14.8 Å². The maximum Gasteiger partial charge on any atom is 0.123 e. The number of benzene rings is 2. The number of thioether (sulfide) groups is 1. The zero-order valence-corrected chi connectivity index (χ0v) is 13.4. The van der Waals surface area contributed by atoms with Gasteiger partial charge in [0.05, 0.1) is 30.1 Å². The lowest BCUT2D eigenvalue weighted by molar-refractivity contribution is 0.400. The molecule has 0 radical (unpaired) electrons. The van der Waals surface area contributed by atoms with Crippen LogP contribution in [-0.4, -0.2) is 19.2 Å².